The third-order valence-electron chi connectivity index (χ3n) is 2.46. The Hall–Kier alpha value is -1.53. The number of hydrogen-bond donors (Lipinski definition) is 1. The fourth-order valence-corrected chi connectivity index (χ4v) is 2.69. The van der Waals surface area contributed by atoms with E-state index < -0.39 is 0 Å². The minimum atomic E-state index is 0.629. The molecule has 0 spiro atoms. The number of aromatic nitrogens is 3. The molecule has 1 aromatic carbocycles. The van der Waals surface area contributed by atoms with Crippen molar-refractivity contribution in [2.75, 3.05) is 12.0 Å². The van der Waals surface area contributed by atoms with E-state index in [1.165, 1.54) is 16.2 Å². The third kappa shape index (κ3) is 1.79. The van der Waals surface area contributed by atoms with Gasteiger partial charge in [-0.3, -0.25) is 0 Å². The van der Waals surface area contributed by atoms with Crippen molar-refractivity contribution in [2.45, 2.75) is 4.90 Å². The number of fused-ring (bicyclic) bond motifs is 1. The van der Waals surface area contributed by atoms with Crippen LogP contribution >= 0.6 is 23.1 Å². The van der Waals surface area contributed by atoms with Gasteiger partial charge < -0.3 is 5.73 Å². The summed E-state index contributed by atoms with van der Waals surface area (Å²) in [7, 11) is 0. The van der Waals surface area contributed by atoms with Crippen LogP contribution in [0.2, 0.25) is 0 Å². The molecule has 86 valence electrons. The summed E-state index contributed by atoms with van der Waals surface area (Å²) in [5, 5.41) is 6.23. The molecule has 2 aromatic heterocycles. The number of hydrogen-bond acceptors (Lipinski definition) is 5. The van der Waals surface area contributed by atoms with E-state index in [-0.39, 0.29) is 0 Å². The van der Waals surface area contributed by atoms with Gasteiger partial charge in [-0.05, 0) is 18.4 Å². The Morgan fingerprint density at radius 2 is 2.06 bits per heavy atom. The first-order valence-electron chi connectivity index (χ1n) is 5.02. The number of anilines is 1. The lowest BCUT2D eigenvalue weighted by Crippen LogP contribution is -1.92. The van der Waals surface area contributed by atoms with Crippen molar-refractivity contribution in [3.05, 3.63) is 29.6 Å². The molecular formula is C11H10N4S2. The first kappa shape index (κ1) is 10.6. The second-order valence-corrected chi connectivity index (χ2v) is 5.24. The van der Waals surface area contributed by atoms with Crippen LogP contribution in [0.4, 0.5) is 5.82 Å². The highest BCUT2D eigenvalue weighted by Crippen LogP contribution is 2.23. The molecule has 0 radical (unpaired) electrons. The molecule has 17 heavy (non-hydrogen) atoms. The van der Waals surface area contributed by atoms with Gasteiger partial charge in [0, 0.05) is 15.8 Å². The Kier molecular flexibility index (Phi) is 2.53. The average Bonchev–Trinajstić information content (AvgIpc) is 2.92. The monoisotopic (exact) mass is 262 g/mol. The summed E-state index contributed by atoms with van der Waals surface area (Å²) in [4.78, 5) is 6.50. The molecule has 6 heteroatoms. The first-order chi connectivity index (χ1) is 8.28. The van der Waals surface area contributed by atoms with Crippen LogP contribution in [0.25, 0.3) is 16.3 Å². The largest absolute Gasteiger partial charge is 0.383 e. The smallest absolute Gasteiger partial charge is 0.214 e. The van der Waals surface area contributed by atoms with Crippen LogP contribution < -0.4 is 5.73 Å². The number of nitrogens with two attached hydrogens (primary N) is 1. The minimum absolute atomic E-state index is 0.629. The molecule has 0 aliphatic carbocycles. The minimum Gasteiger partial charge on any atom is -0.383 e. The van der Waals surface area contributed by atoms with Crippen molar-refractivity contribution >= 4 is 33.9 Å². The SMILES string of the molecule is CSc1ccc(-c2nc3scc(N)n3n2)cc1. The standard InChI is InChI=1S/C11H10N4S2/c1-16-8-4-2-7(3-5-8)10-13-11-15(14-10)9(12)6-17-11/h2-6H,12H2,1H3. The van der Waals surface area contributed by atoms with Crippen LogP contribution in [0.15, 0.2) is 34.5 Å². The normalized spacial score (nSPS) is 11.1. The summed E-state index contributed by atoms with van der Waals surface area (Å²) in [6, 6.07) is 8.19. The molecule has 0 atom stereocenters. The van der Waals surface area contributed by atoms with Crippen LogP contribution in [-0.2, 0) is 0 Å². The summed E-state index contributed by atoms with van der Waals surface area (Å²) in [5.74, 6) is 1.35. The van der Waals surface area contributed by atoms with Gasteiger partial charge in [0.2, 0.25) is 4.96 Å². The summed E-state index contributed by atoms with van der Waals surface area (Å²) < 4.78 is 1.67. The second-order valence-electron chi connectivity index (χ2n) is 3.52. The summed E-state index contributed by atoms with van der Waals surface area (Å²) >= 11 is 3.22. The van der Waals surface area contributed by atoms with E-state index in [2.05, 4.69) is 28.5 Å². The van der Waals surface area contributed by atoms with E-state index in [0.717, 1.165) is 16.3 Å². The molecule has 2 heterocycles. The number of nitrogens with zero attached hydrogens (tertiary/aromatic N) is 3. The Bertz CT molecular complexity index is 654. The summed E-state index contributed by atoms with van der Waals surface area (Å²) in [6.07, 6.45) is 2.06. The fourth-order valence-electron chi connectivity index (χ4n) is 1.57. The predicted octanol–water partition coefficient (Wildman–Crippen LogP) is 2.76. The Morgan fingerprint density at radius 1 is 1.29 bits per heavy atom. The molecule has 2 N–H and O–H groups in total. The van der Waals surface area contributed by atoms with Gasteiger partial charge in [-0.2, -0.15) is 9.50 Å². The van der Waals surface area contributed by atoms with Crippen molar-refractivity contribution in [1.82, 2.24) is 14.6 Å². The molecule has 0 amide bonds. The van der Waals surface area contributed by atoms with Crippen molar-refractivity contribution in [2.24, 2.45) is 0 Å². The molecule has 0 saturated carbocycles. The Balaban J connectivity index is 2.07. The summed E-state index contributed by atoms with van der Waals surface area (Å²) in [5.41, 5.74) is 6.79. The molecule has 0 aliphatic heterocycles. The highest BCUT2D eigenvalue weighted by Gasteiger charge is 2.09. The topological polar surface area (TPSA) is 56.2 Å². The van der Waals surface area contributed by atoms with Crippen molar-refractivity contribution < 1.29 is 0 Å². The van der Waals surface area contributed by atoms with Gasteiger partial charge in [0.05, 0.1) is 0 Å². The van der Waals surface area contributed by atoms with Crippen molar-refractivity contribution in [1.29, 1.82) is 0 Å². The van der Waals surface area contributed by atoms with Gasteiger partial charge in [0.1, 0.15) is 5.82 Å². The molecule has 4 nitrogen and oxygen atoms in total. The predicted molar refractivity (Wildman–Crippen MR) is 72.5 cm³/mol. The van der Waals surface area contributed by atoms with Crippen LogP contribution in [-0.4, -0.2) is 20.9 Å². The lowest BCUT2D eigenvalue weighted by molar-refractivity contribution is 0.993. The number of nitrogen functional groups attached to an aromatic ring is 1. The third-order valence-corrected chi connectivity index (χ3v) is 4.03. The van der Waals surface area contributed by atoms with Crippen LogP contribution in [0.1, 0.15) is 0 Å². The zero-order valence-electron chi connectivity index (χ0n) is 9.12. The van der Waals surface area contributed by atoms with Crippen molar-refractivity contribution in [3.8, 4) is 11.4 Å². The molecule has 0 aliphatic rings. The maximum absolute atomic E-state index is 5.78. The highest BCUT2D eigenvalue weighted by atomic mass is 32.2. The molecule has 3 rings (SSSR count). The number of benzene rings is 1. The van der Waals surface area contributed by atoms with Gasteiger partial charge in [-0.25, -0.2) is 0 Å². The number of thioether (sulfide) groups is 1. The van der Waals surface area contributed by atoms with Gasteiger partial charge in [0.25, 0.3) is 0 Å². The van der Waals surface area contributed by atoms with E-state index in [9.17, 15) is 0 Å². The molecule has 0 unspecified atom stereocenters. The zero-order valence-corrected chi connectivity index (χ0v) is 10.8. The van der Waals surface area contributed by atoms with E-state index in [1.54, 1.807) is 16.3 Å². The van der Waals surface area contributed by atoms with Crippen LogP contribution in [0, 0.1) is 0 Å². The Morgan fingerprint density at radius 3 is 2.71 bits per heavy atom. The molecular weight excluding hydrogens is 252 g/mol. The van der Waals surface area contributed by atoms with Crippen molar-refractivity contribution in [3.63, 3.8) is 0 Å². The van der Waals surface area contributed by atoms with E-state index in [1.807, 2.05) is 17.5 Å². The van der Waals surface area contributed by atoms with Gasteiger partial charge in [-0.1, -0.05) is 12.1 Å². The second kappa shape index (κ2) is 4.05. The van der Waals surface area contributed by atoms with Gasteiger partial charge in [-0.15, -0.1) is 28.2 Å². The fraction of sp³-hybridized carbons (Fsp3) is 0.0909. The van der Waals surface area contributed by atoms with Gasteiger partial charge in [0.15, 0.2) is 5.82 Å². The van der Waals surface area contributed by atoms with Crippen LogP contribution in [0.3, 0.4) is 0 Å². The lowest BCUT2D eigenvalue weighted by Gasteiger charge is -1.97. The maximum atomic E-state index is 5.78. The molecule has 3 aromatic rings. The van der Waals surface area contributed by atoms with Gasteiger partial charge >= 0.3 is 0 Å². The van der Waals surface area contributed by atoms with Crippen LogP contribution in [0.5, 0.6) is 0 Å². The average molecular weight is 262 g/mol. The highest BCUT2D eigenvalue weighted by molar-refractivity contribution is 7.98. The lowest BCUT2D eigenvalue weighted by atomic mass is 10.2. The summed E-state index contributed by atoms with van der Waals surface area (Å²) in [6.45, 7) is 0. The quantitative estimate of drug-likeness (QED) is 0.721. The Labute approximate surface area is 106 Å². The molecule has 0 saturated heterocycles. The maximum Gasteiger partial charge on any atom is 0.214 e. The number of thiazole rings is 1. The zero-order chi connectivity index (χ0) is 11.8. The van der Waals surface area contributed by atoms with E-state index in [4.69, 9.17) is 5.73 Å². The molecule has 0 bridgehead atoms. The van der Waals surface area contributed by atoms with E-state index >= 15 is 0 Å². The first-order valence-corrected chi connectivity index (χ1v) is 7.12. The molecule has 0 fully saturated rings. The van der Waals surface area contributed by atoms with E-state index in [0.29, 0.717) is 5.82 Å². The number of rotatable bonds is 2.